The van der Waals surface area contributed by atoms with Gasteiger partial charge in [0.1, 0.15) is 0 Å². The molecule has 0 bridgehead atoms. The van der Waals surface area contributed by atoms with Crippen LogP contribution in [0, 0.1) is 5.92 Å². The molecule has 0 aromatic heterocycles. The first-order valence-corrected chi connectivity index (χ1v) is 7.44. The van der Waals surface area contributed by atoms with Gasteiger partial charge in [-0.15, -0.1) is 0 Å². The van der Waals surface area contributed by atoms with Gasteiger partial charge < -0.3 is 19.9 Å². The van der Waals surface area contributed by atoms with Gasteiger partial charge in [0, 0.05) is 18.6 Å². The molecule has 20 heavy (non-hydrogen) atoms. The molecule has 112 valence electrons. The fourth-order valence-corrected chi connectivity index (χ4v) is 2.74. The number of hydrogen-bond acceptors (Lipinski definition) is 4. The quantitative estimate of drug-likeness (QED) is 0.870. The summed E-state index contributed by atoms with van der Waals surface area (Å²) in [5, 5.41) is 0. The van der Waals surface area contributed by atoms with E-state index in [2.05, 4.69) is 6.92 Å². The van der Waals surface area contributed by atoms with Crippen molar-refractivity contribution >= 4 is 0 Å². The SMILES string of the molecule is CCOc1ccc(C(N)C2CCOC2C)cc1OCC. The fraction of sp³-hybridized carbons (Fsp3) is 0.625. The third kappa shape index (κ3) is 3.25. The summed E-state index contributed by atoms with van der Waals surface area (Å²) in [5.41, 5.74) is 7.49. The van der Waals surface area contributed by atoms with Crippen molar-refractivity contribution in [3.8, 4) is 11.5 Å². The van der Waals surface area contributed by atoms with Gasteiger partial charge in [0.05, 0.1) is 19.3 Å². The predicted molar refractivity (Wildman–Crippen MR) is 79.2 cm³/mol. The summed E-state index contributed by atoms with van der Waals surface area (Å²) < 4.78 is 16.9. The van der Waals surface area contributed by atoms with E-state index in [1.165, 1.54) is 0 Å². The molecule has 4 nitrogen and oxygen atoms in total. The number of benzene rings is 1. The van der Waals surface area contributed by atoms with E-state index in [0.717, 1.165) is 30.1 Å². The Morgan fingerprint density at radius 3 is 2.55 bits per heavy atom. The van der Waals surface area contributed by atoms with E-state index in [9.17, 15) is 0 Å². The highest BCUT2D eigenvalue weighted by molar-refractivity contribution is 5.44. The van der Waals surface area contributed by atoms with E-state index in [4.69, 9.17) is 19.9 Å². The van der Waals surface area contributed by atoms with Crippen LogP contribution in [0.15, 0.2) is 18.2 Å². The fourth-order valence-electron chi connectivity index (χ4n) is 2.74. The lowest BCUT2D eigenvalue weighted by Gasteiger charge is -2.23. The van der Waals surface area contributed by atoms with Crippen LogP contribution in [0.1, 0.15) is 38.8 Å². The van der Waals surface area contributed by atoms with E-state index >= 15 is 0 Å². The Morgan fingerprint density at radius 1 is 1.25 bits per heavy atom. The molecular formula is C16H25NO3. The van der Waals surface area contributed by atoms with Gasteiger partial charge in [-0.25, -0.2) is 0 Å². The van der Waals surface area contributed by atoms with E-state index in [1.807, 2.05) is 32.0 Å². The van der Waals surface area contributed by atoms with Crippen molar-refractivity contribution < 1.29 is 14.2 Å². The van der Waals surface area contributed by atoms with Gasteiger partial charge in [-0.3, -0.25) is 0 Å². The topological polar surface area (TPSA) is 53.7 Å². The highest BCUT2D eigenvalue weighted by Gasteiger charge is 2.30. The summed E-state index contributed by atoms with van der Waals surface area (Å²) in [7, 11) is 0. The number of hydrogen-bond donors (Lipinski definition) is 1. The number of ether oxygens (including phenoxy) is 3. The zero-order chi connectivity index (χ0) is 14.5. The number of rotatable bonds is 6. The summed E-state index contributed by atoms with van der Waals surface area (Å²) in [6.45, 7) is 8.06. The second kappa shape index (κ2) is 6.95. The maximum absolute atomic E-state index is 6.40. The largest absolute Gasteiger partial charge is 0.490 e. The van der Waals surface area contributed by atoms with Crippen LogP contribution in [0.3, 0.4) is 0 Å². The first-order chi connectivity index (χ1) is 9.67. The van der Waals surface area contributed by atoms with Gasteiger partial charge in [0.2, 0.25) is 0 Å². The molecule has 1 aromatic rings. The lowest BCUT2D eigenvalue weighted by molar-refractivity contribution is 0.0994. The number of nitrogens with two attached hydrogens (primary N) is 1. The summed E-state index contributed by atoms with van der Waals surface area (Å²) in [4.78, 5) is 0. The van der Waals surface area contributed by atoms with E-state index < -0.39 is 0 Å². The molecule has 0 saturated carbocycles. The van der Waals surface area contributed by atoms with Crippen molar-refractivity contribution in [2.45, 2.75) is 39.3 Å². The normalized spacial score (nSPS) is 23.6. The minimum Gasteiger partial charge on any atom is -0.490 e. The Kier molecular flexibility index (Phi) is 5.26. The average molecular weight is 279 g/mol. The van der Waals surface area contributed by atoms with Gasteiger partial charge in [-0.05, 0) is 44.9 Å². The van der Waals surface area contributed by atoms with Crippen LogP contribution in [0.4, 0.5) is 0 Å². The molecule has 0 radical (unpaired) electrons. The molecule has 0 amide bonds. The summed E-state index contributed by atoms with van der Waals surface area (Å²) in [5.74, 6) is 1.91. The van der Waals surface area contributed by atoms with Crippen LogP contribution in [0.5, 0.6) is 11.5 Å². The van der Waals surface area contributed by atoms with Gasteiger partial charge in [0.25, 0.3) is 0 Å². The molecule has 1 aromatic carbocycles. The van der Waals surface area contributed by atoms with E-state index in [-0.39, 0.29) is 12.1 Å². The molecule has 1 aliphatic rings. The second-order valence-corrected chi connectivity index (χ2v) is 5.13. The van der Waals surface area contributed by atoms with Crippen LogP contribution in [-0.4, -0.2) is 25.9 Å². The lowest BCUT2D eigenvalue weighted by atomic mass is 9.89. The van der Waals surface area contributed by atoms with E-state index in [1.54, 1.807) is 0 Å². The first-order valence-electron chi connectivity index (χ1n) is 7.44. The smallest absolute Gasteiger partial charge is 0.161 e. The monoisotopic (exact) mass is 279 g/mol. The molecule has 1 saturated heterocycles. The standard InChI is InChI=1S/C16H25NO3/c1-4-18-14-7-6-12(10-15(14)19-5-2)16(17)13-8-9-20-11(13)3/h6-7,10-11,13,16H,4-5,8-9,17H2,1-3H3. The minimum absolute atomic E-state index is 0.0256. The Morgan fingerprint density at radius 2 is 1.95 bits per heavy atom. The zero-order valence-electron chi connectivity index (χ0n) is 12.6. The highest BCUT2D eigenvalue weighted by Crippen LogP contribution is 2.36. The minimum atomic E-state index is -0.0256. The van der Waals surface area contributed by atoms with Gasteiger partial charge in [-0.2, -0.15) is 0 Å². The third-order valence-electron chi connectivity index (χ3n) is 3.85. The molecule has 4 heteroatoms. The zero-order valence-corrected chi connectivity index (χ0v) is 12.6. The van der Waals surface area contributed by atoms with Gasteiger partial charge in [-0.1, -0.05) is 6.07 Å². The first kappa shape index (κ1) is 15.1. The summed E-state index contributed by atoms with van der Waals surface area (Å²) >= 11 is 0. The Hall–Kier alpha value is -1.26. The van der Waals surface area contributed by atoms with Crippen LogP contribution < -0.4 is 15.2 Å². The molecule has 1 fully saturated rings. The molecule has 3 atom stereocenters. The van der Waals surface area contributed by atoms with Crippen molar-refractivity contribution in [3.63, 3.8) is 0 Å². The highest BCUT2D eigenvalue weighted by atomic mass is 16.5. The molecule has 2 rings (SSSR count). The third-order valence-corrected chi connectivity index (χ3v) is 3.85. The van der Waals surface area contributed by atoms with Crippen LogP contribution in [-0.2, 0) is 4.74 Å². The molecule has 3 unspecified atom stereocenters. The average Bonchev–Trinajstić information content (AvgIpc) is 2.86. The summed E-state index contributed by atoms with van der Waals surface area (Å²) in [6.07, 6.45) is 1.23. The molecule has 0 spiro atoms. The van der Waals surface area contributed by atoms with Crippen molar-refractivity contribution in [3.05, 3.63) is 23.8 Å². The maximum Gasteiger partial charge on any atom is 0.161 e. The van der Waals surface area contributed by atoms with Crippen LogP contribution in [0.2, 0.25) is 0 Å². The molecule has 1 aliphatic heterocycles. The summed E-state index contributed by atoms with van der Waals surface area (Å²) in [6, 6.07) is 5.96. The second-order valence-electron chi connectivity index (χ2n) is 5.13. The Balaban J connectivity index is 2.20. The van der Waals surface area contributed by atoms with Crippen LogP contribution >= 0.6 is 0 Å². The van der Waals surface area contributed by atoms with Crippen molar-refractivity contribution in [2.24, 2.45) is 11.7 Å². The van der Waals surface area contributed by atoms with E-state index in [0.29, 0.717) is 19.1 Å². The Labute approximate surface area is 121 Å². The Bertz CT molecular complexity index is 436. The molecular weight excluding hydrogens is 254 g/mol. The molecule has 0 aliphatic carbocycles. The maximum atomic E-state index is 6.40. The predicted octanol–water partition coefficient (Wildman–Crippen LogP) is 2.91. The molecule has 2 N–H and O–H groups in total. The van der Waals surface area contributed by atoms with Gasteiger partial charge in [0.15, 0.2) is 11.5 Å². The molecule has 1 heterocycles. The van der Waals surface area contributed by atoms with Crippen molar-refractivity contribution in [1.82, 2.24) is 0 Å². The van der Waals surface area contributed by atoms with Crippen molar-refractivity contribution in [1.29, 1.82) is 0 Å². The van der Waals surface area contributed by atoms with Crippen molar-refractivity contribution in [2.75, 3.05) is 19.8 Å². The lowest BCUT2D eigenvalue weighted by Crippen LogP contribution is -2.26. The van der Waals surface area contributed by atoms with Gasteiger partial charge >= 0.3 is 0 Å². The van der Waals surface area contributed by atoms with Crippen LogP contribution in [0.25, 0.3) is 0 Å².